The van der Waals surface area contributed by atoms with Crippen LogP contribution in [-0.4, -0.2) is 45.9 Å². The Kier molecular flexibility index (Phi) is 6.22. The first-order valence-electron chi connectivity index (χ1n) is 9.61. The molecule has 2 heterocycles. The molecule has 0 aliphatic carbocycles. The molecule has 0 saturated heterocycles. The molecular weight excluding hydrogens is 433 g/mol. The van der Waals surface area contributed by atoms with Crippen LogP contribution in [0.1, 0.15) is 5.69 Å². The van der Waals surface area contributed by atoms with Crippen molar-refractivity contribution in [2.24, 2.45) is 0 Å². The van der Waals surface area contributed by atoms with E-state index in [0.29, 0.717) is 39.1 Å². The minimum atomic E-state index is -0.332. The maximum atomic E-state index is 13.4. The Morgan fingerprint density at radius 2 is 1.91 bits per heavy atom. The number of aromatic nitrogens is 4. The summed E-state index contributed by atoms with van der Waals surface area (Å²) in [6.45, 7) is 1.84. The molecule has 0 bridgehead atoms. The lowest BCUT2D eigenvalue weighted by Gasteiger charge is -2.12. The number of rotatable bonds is 7. The second-order valence-corrected chi connectivity index (χ2v) is 7.75. The van der Waals surface area contributed by atoms with Crippen molar-refractivity contribution in [3.63, 3.8) is 0 Å². The predicted molar refractivity (Wildman–Crippen MR) is 120 cm³/mol. The van der Waals surface area contributed by atoms with Crippen LogP contribution in [0.3, 0.4) is 0 Å². The number of carbonyl (C=O) groups is 1. The molecule has 8 nitrogen and oxygen atoms in total. The van der Waals surface area contributed by atoms with Gasteiger partial charge in [-0.3, -0.25) is 4.79 Å². The third kappa shape index (κ3) is 4.35. The van der Waals surface area contributed by atoms with E-state index in [-0.39, 0.29) is 17.5 Å². The van der Waals surface area contributed by atoms with Crippen LogP contribution in [0.2, 0.25) is 0 Å². The number of thioether (sulfide) groups is 1. The number of carbonyl (C=O) groups excluding carboxylic acids is 1. The van der Waals surface area contributed by atoms with Gasteiger partial charge < -0.3 is 14.8 Å². The van der Waals surface area contributed by atoms with Gasteiger partial charge in [-0.2, -0.15) is 10.2 Å². The zero-order chi connectivity index (χ0) is 22.7. The fraction of sp³-hybridized carbons (Fsp3) is 0.182. The highest BCUT2D eigenvalue weighted by Crippen LogP contribution is 2.31. The largest absolute Gasteiger partial charge is 0.497 e. The summed E-state index contributed by atoms with van der Waals surface area (Å²) >= 11 is 1.24. The molecule has 0 unspecified atom stereocenters. The summed E-state index contributed by atoms with van der Waals surface area (Å²) in [5, 5.41) is 17.1. The van der Waals surface area contributed by atoms with E-state index < -0.39 is 0 Å². The van der Waals surface area contributed by atoms with Gasteiger partial charge in [0, 0.05) is 11.5 Å². The van der Waals surface area contributed by atoms with Crippen molar-refractivity contribution in [2.45, 2.75) is 11.9 Å². The molecule has 4 rings (SSSR count). The molecular formula is C22H20FN5O3S. The lowest BCUT2D eigenvalue weighted by Crippen LogP contribution is -2.15. The maximum absolute atomic E-state index is 13.4. The van der Waals surface area contributed by atoms with Crippen LogP contribution >= 0.6 is 11.8 Å². The van der Waals surface area contributed by atoms with Crippen molar-refractivity contribution < 1.29 is 18.7 Å². The highest BCUT2D eigenvalue weighted by atomic mass is 32.2. The van der Waals surface area contributed by atoms with E-state index in [2.05, 4.69) is 20.6 Å². The lowest BCUT2D eigenvalue weighted by molar-refractivity contribution is -0.113. The fourth-order valence-corrected chi connectivity index (χ4v) is 3.91. The molecule has 10 heteroatoms. The molecule has 0 saturated carbocycles. The molecule has 0 fully saturated rings. The first-order chi connectivity index (χ1) is 15.5. The number of amides is 1. The van der Waals surface area contributed by atoms with Crippen molar-refractivity contribution in [3.05, 3.63) is 60.2 Å². The summed E-state index contributed by atoms with van der Waals surface area (Å²) in [5.41, 5.74) is 2.65. The topological polar surface area (TPSA) is 91.2 Å². The van der Waals surface area contributed by atoms with Crippen LogP contribution < -0.4 is 14.8 Å². The van der Waals surface area contributed by atoms with Gasteiger partial charge in [-0.05, 0) is 43.3 Å². The number of nitrogens with zero attached hydrogens (tertiary/aromatic N) is 4. The highest BCUT2D eigenvalue weighted by Gasteiger charge is 2.17. The Hall–Kier alpha value is -3.66. The third-order valence-corrected chi connectivity index (χ3v) is 5.70. The van der Waals surface area contributed by atoms with Crippen molar-refractivity contribution >= 4 is 34.3 Å². The summed E-state index contributed by atoms with van der Waals surface area (Å²) in [6.07, 6.45) is 1.69. The SMILES string of the molecule is COc1ccc(NC(=O)CSc2nnc(C)c3cnn(-c4ccc(F)cc4)c23)c(OC)c1. The smallest absolute Gasteiger partial charge is 0.234 e. The van der Waals surface area contributed by atoms with Gasteiger partial charge in [0.05, 0.1) is 43.2 Å². The molecule has 32 heavy (non-hydrogen) atoms. The average molecular weight is 453 g/mol. The first-order valence-corrected chi connectivity index (χ1v) is 10.6. The van der Waals surface area contributed by atoms with E-state index >= 15 is 0 Å². The number of nitrogens with one attached hydrogen (secondary N) is 1. The Morgan fingerprint density at radius 3 is 2.62 bits per heavy atom. The number of benzene rings is 2. The number of aryl methyl sites for hydroxylation is 1. The second-order valence-electron chi connectivity index (χ2n) is 6.79. The first kappa shape index (κ1) is 21.6. The number of anilines is 1. The molecule has 2 aromatic heterocycles. The number of hydrogen-bond donors (Lipinski definition) is 1. The van der Waals surface area contributed by atoms with Gasteiger partial charge in [-0.25, -0.2) is 9.07 Å². The number of ether oxygens (including phenoxy) is 2. The van der Waals surface area contributed by atoms with Gasteiger partial charge in [-0.15, -0.1) is 5.10 Å². The van der Waals surface area contributed by atoms with E-state index in [1.807, 2.05) is 6.92 Å². The summed E-state index contributed by atoms with van der Waals surface area (Å²) < 4.78 is 25.5. The molecule has 0 atom stereocenters. The van der Waals surface area contributed by atoms with Crippen molar-refractivity contribution in [3.8, 4) is 17.2 Å². The van der Waals surface area contributed by atoms with E-state index in [4.69, 9.17) is 9.47 Å². The van der Waals surface area contributed by atoms with Crippen molar-refractivity contribution in [1.82, 2.24) is 20.0 Å². The molecule has 0 radical (unpaired) electrons. The van der Waals surface area contributed by atoms with Crippen LogP contribution in [-0.2, 0) is 4.79 Å². The van der Waals surface area contributed by atoms with Gasteiger partial charge in [0.15, 0.2) is 0 Å². The highest BCUT2D eigenvalue weighted by molar-refractivity contribution is 8.00. The molecule has 0 spiro atoms. The maximum Gasteiger partial charge on any atom is 0.234 e. The van der Waals surface area contributed by atoms with E-state index in [0.717, 1.165) is 5.39 Å². The van der Waals surface area contributed by atoms with Crippen LogP contribution in [0, 0.1) is 12.7 Å². The van der Waals surface area contributed by atoms with E-state index in [1.165, 1.54) is 31.0 Å². The summed E-state index contributed by atoms with van der Waals surface area (Å²) in [7, 11) is 3.08. The van der Waals surface area contributed by atoms with Crippen molar-refractivity contribution in [1.29, 1.82) is 0 Å². The number of methoxy groups -OCH3 is 2. The normalized spacial score (nSPS) is 10.9. The summed E-state index contributed by atoms with van der Waals surface area (Å²) in [5.74, 6) is 0.648. The van der Waals surface area contributed by atoms with Crippen LogP contribution in [0.15, 0.2) is 53.7 Å². The number of fused-ring (bicyclic) bond motifs is 1. The fourth-order valence-electron chi connectivity index (χ4n) is 3.14. The summed E-state index contributed by atoms with van der Waals surface area (Å²) in [4.78, 5) is 12.6. The Balaban J connectivity index is 1.57. The average Bonchev–Trinajstić information content (AvgIpc) is 3.26. The van der Waals surface area contributed by atoms with E-state index in [9.17, 15) is 9.18 Å². The molecule has 164 valence electrons. The second kappa shape index (κ2) is 9.23. The lowest BCUT2D eigenvalue weighted by atomic mass is 10.2. The number of hydrogen-bond acceptors (Lipinski definition) is 7. The predicted octanol–water partition coefficient (Wildman–Crippen LogP) is 4.01. The van der Waals surface area contributed by atoms with Crippen LogP contribution in [0.5, 0.6) is 11.5 Å². The van der Waals surface area contributed by atoms with Crippen LogP contribution in [0.25, 0.3) is 16.6 Å². The van der Waals surface area contributed by atoms with Gasteiger partial charge in [0.2, 0.25) is 5.91 Å². The molecule has 1 amide bonds. The van der Waals surface area contributed by atoms with Gasteiger partial charge in [0.25, 0.3) is 0 Å². The Morgan fingerprint density at radius 1 is 1.12 bits per heavy atom. The third-order valence-electron chi connectivity index (χ3n) is 4.75. The number of halogens is 1. The zero-order valence-electron chi connectivity index (χ0n) is 17.6. The molecule has 0 aliphatic heterocycles. The molecule has 1 N–H and O–H groups in total. The molecule has 2 aromatic carbocycles. The van der Waals surface area contributed by atoms with Gasteiger partial charge in [0.1, 0.15) is 27.9 Å². The molecule has 4 aromatic rings. The van der Waals surface area contributed by atoms with Crippen LogP contribution in [0.4, 0.5) is 10.1 Å². The van der Waals surface area contributed by atoms with Gasteiger partial charge in [-0.1, -0.05) is 11.8 Å². The molecule has 0 aliphatic rings. The van der Waals surface area contributed by atoms with E-state index in [1.54, 1.807) is 48.3 Å². The zero-order valence-corrected chi connectivity index (χ0v) is 18.4. The van der Waals surface area contributed by atoms with Gasteiger partial charge >= 0.3 is 0 Å². The quantitative estimate of drug-likeness (QED) is 0.423. The van der Waals surface area contributed by atoms with Crippen molar-refractivity contribution in [2.75, 3.05) is 25.3 Å². The Bertz CT molecular complexity index is 1280. The standard InChI is InChI=1S/C22H20FN5O3S/c1-13-17-11-24-28(15-6-4-14(23)5-7-15)21(17)22(27-26-13)32-12-20(29)25-18-9-8-16(30-2)10-19(18)31-3/h4-11H,12H2,1-3H3,(H,25,29). The Labute approximate surface area is 187 Å². The summed E-state index contributed by atoms with van der Waals surface area (Å²) in [6, 6.07) is 11.1. The minimum absolute atomic E-state index is 0.0939. The minimum Gasteiger partial charge on any atom is -0.497 e. The monoisotopic (exact) mass is 453 g/mol.